The van der Waals surface area contributed by atoms with E-state index in [0.29, 0.717) is 25.3 Å². The molecule has 0 fully saturated rings. The summed E-state index contributed by atoms with van der Waals surface area (Å²) < 4.78 is 6.99. The van der Waals surface area contributed by atoms with Crippen LogP contribution < -0.4 is 10.1 Å². The maximum atomic E-state index is 13.7. The Morgan fingerprint density at radius 1 is 0.946 bits per heavy atom. The average molecular weight is 566 g/mol. The predicted octanol–water partition coefficient (Wildman–Crippen LogP) is 6.31. The number of halogens is 1. The van der Waals surface area contributed by atoms with Gasteiger partial charge in [-0.05, 0) is 61.6 Å². The first-order chi connectivity index (χ1) is 17.8. The monoisotopic (exact) mass is 564 g/mol. The fourth-order valence-corrected chi connectivity index (χ4v) is 4.51. The first kappa shape index (κ1) is 28.5. The Morgan fingerprint density at radius 2 is 1.62 bits per heavy atom. The van der Waals surface area contributed by atoms with Crippen molar-refractivity contribution in [2.75, 3.05) is 13.2 Å². The molecule has 0 spiro atoms. The SMILES string of the molecule is CCCCNC(=O)[C@H](Cc1ccccc1)N(Cc1cccc(C)c1)C(=O)COc1cc(C)c(Br)c(C)c1. The summed E-state index contributed by atoms with van der Waals surface area (Å²) in [6, 6.07) is 21.0. The smallest absolute Gasteiger partial charge is 0.261 e. The molecule has 2 amide bonds. The van der Waals surface area contributed by atoms with Crippen LogP contribution in [0.4, 0.5) is 0 Å². The highest BCUT2D eigenvalue weighted by Gasteiger charge is 2.30. The maximum absolute atomic E-state index is 13.7. The lowest BCUT2D eigenvalue weighted by Gasteiger charge is -2.31. The molecule has 0 aliphatic carbocycles. The number of carbonyl (C=O) groups excluding carboxylic acids is 2. The fourth-order valence-electron chi connectivity index (χ4n) is 4.28. The Bertz CT molecular complexity index is 1170. The number of rotatable bonds is 12. The third-order valence-electron chi connectivity index (χ3n) is 6.31. The van der Waals surface area contributed by atoms with E-state index in [1.54, 1.807) is 4.90 Å². The number of aryl methyl sites for hydroxylation is 3. The molecule has 3 rings (SSSR count). The van der Waals surface area contributed by atoms with Crippen LogP contribution >= 0.6 is 15.9 Å². The third kappa shape index (κ3) is 8.46. The number of ether oxygens (including phenoxy) is 1. The second-order valence-electron chi connectivity index (χ2n) is 9.52. The molecule has 6 heteroatoms. The molecule has 1 N–H and O–H groups in total. The molecule has 3 aromatic carbocycles. The van der Waals surface area contributed by atoms with Gasteiger partial charge in [0.2, 0.25) is 5.91 Å². The molecule has 196 valence electrons. The first-order valence-corrected chi connectivity index (χ1v) is 13.6. The van der Waals surface area contributed by atoms with Crippen molar-refractivity contribution in [3.8, 4) is 5.75 Å². The molecule has 3 aromatic rings. The Hall–Kier alpha value is -3.12. The summed E-state index contributed by atoms with van der Waals surface area (Å²) in [4.78, 5) is 28.9. The number of amides is 2. The van der Waals surface area contributed by atoms with Crippen LogP contribution in [0.5, 0.6) is 5.75 Å². The van der Waals surface area contributed by atoms with E-state index in [-0.39, 0.29) is 18.4 Å². The van der Waals surface area contributed by atoms with Gasteiger partial charge in [-0.2, -0.15) is 0 Å². The van der Waals surface area contributed by atoms with E-state index in [0.717, 1.165) is 45.1 Å². The fraction of sp³-hybridized carbons (Fsp3) is 0.355. The van der Waals surface area contributed by atoms with E-state index in [1.165, 1.54) is 0 Å². The molecule has 0 bridgehead atoms. The predicted molar refractivity (Wildman–Crippen MR) is 153 cm³/mol. The molecule has 0 saturated carbocycles. The minimum absolute atomic E-state index is 0.145. The van der Waals surface area contributed by atoms with Crippen LogP contribution in [0.15, 0.2) is 71.2 Å². The van der Waals surface area contributed by atoms with Crippen molar-refractivity contribution in [1.29, 1.82) is 0 Å². The van der Waals surface area contributed by atoms with Gasteiger partial charge >= 0.3 is 0 Å². The number of unbranched alkanes of at least 4 members (excludes halogenated alkanes) is 1. The maximum Gasteiger partial charge on any atom is 0.261 e. The van der Waals surface area contributed by atoms with E-state index >= 15 is 0 Å². The summed E-state index contributed by atoms with van der Waals surface area (Å²) in [5.41, 5.74) is 5.16. The largest absolute Gasteiger partial charge is 0.484 e. The number of hydrogen-bond acceptors (Lipinski definition) is 3. The average Bonchev–Trinajstić information content (AvgIpc) is 2.88. The minimum Gasteiger partial charge on any atom is -0.484 e. The van der Waals surface area contributed by atoms with Gasteiger partial charge in [-0.15, -0.1) is 0 Å². The number of nitrogens with zero attached hydrogens (tertiary/aromatic N) is 1. The quantitative estimate of drug-likeness (QED) is 0.262. The Labute approximate surface area is 229 Å². The molecule has 0 heterocycles. The van der Waals surface area contributed by atoms with Crippen LogP contribution in [-0.4, -0.2) is 35.9 Å². The Kier molecular flexibility index (Phi) is 10.8. The van der Waals surface area contributed by atoms with Gasteiger partial charge in [-0.1, -0.05) is 89.4 Å². The van der Waals surface area contributed by atoms with Crippen molar-refractivity contribution in [3.05, 3.63) is 99.0 Å². The van der Waals surface area contributed by atoms with Crippen molar-refractivity contribution in [3.63, 3.8) is 0 Å². The van der Waals surface area contributed by atoms with Gasteiger partial charge in [-0.3, -0.25) is 9.59 Å². The minimum atomic E-state index is -0.663. The highest BCUT2D eigenvalue weighted by molar-refractivity contribution is 9.10. The lowest BCUT2D eigenvalue weighted by Crippen LogP contribution is -2.51. The summed E-state index contributed by atoms with van der Waals surface area (Å²) >= 11 is 3.58. The zero-order chi connectivity index (χ0) is 26.8. The van der Waals surface area contributed by atoms with Gasteiger partial charge in [0.15, 0.2) is 6.61 Å². The molecule has 0 aliphatic heterocycles. The highest BCUT2D eigenvalue weighted by Crippen LogP contribution is 2.26. The lowest BCUT2D eigenvalue weighted by atomic mass is 10.0. The van der Waals surface area contributed by atoms with Gasteiger partial charge in [0, 0.05) is 24.0 Å². The van der Waals surface area contributed by atoms with E-state index in [2.05, 4.69) is 34.2 Å². The van der Waals surface area contributed by atoms with Crippen LogP contribution in [0, 0.1) is 20.8 Å². The lowest BCUT2D eigenvalue weighted by molar-refractivity contribution is -0.142. The molecule has 0 aromatic heterocycles. The molecule has 37 heavy (non-hydrogen) atoms. The van der Waals surface area contributed by atoms with Crippen molar-refractivity contribution in [1.82, 2.24) is 10.2 Å². The van der Waals surface area contributed by atoms with Crippen molar-refractivity contribution >= 4 is 27.7 Å². The highest BCUT2D eigenvalue weighted by atomic mass is 79.9. The van der Waals surface area contributed by atoms with Crippen LogP contribution in [0.2, 0.25) is 0 Å². The van der Waals surface area contributed by atoms with E-state index in [1.807, 2.05) is 81.4 Å². The van der Waals surface area contributed by atoms with Crippen LogP contribution in [0.1, 0.15) is 47.6 Å². The van der Waals surface area contributed by atoms with Crippen LogP contribution in [0.3, 0.4) is 0 Å². The zero-order valence-corrected chi connectivity index (χ0v) is 23.8. The summed E-state index contributed by atoms with van der Waals surface area (Å²) in [5, 5.41) is 3.05. The third-order valence-corrected chi connectivity index (χ3v) is 7.56. The van der Waals surface area contributed by atoms with E-state index < -0.39 is 6.04 Å². The molecule has 0 aliphatic rings. The summed E-state index contributed by atoms with van der Waals surface area (Å²) in [6.45, 7) is 8.85. The van der Waals surface area contributed by atoms with E-state index in [4.69, 9.17) is 4.74 Å². The standard InChI is InChI=1S/C31H37BrN2O3/c1-5-6-15-33-31(36)28(19-25-12-8-7-9-13-25)34(20-26-14-10-11-22(2)16-26)29(35)21-37-27-17-23(3)30(32)24(4)18-27/h7-14,16-18,28H,5-6,15,19-21H2,1-4H3,(H,33,36)/t28-/m0/s1. The van der Waals surface area contributed by atoms with Crippen LogP contribution in [-0.2, 0) is 22.6 Å². The molecule has 0 unspecified atom stereocenters. The summed E-state index contributed by atoms with van der Waals surface area (Å²) in [6.07, 6.45) is 2.29. The Morgan fingerprint density at radius 3 is 2.27 bits per heavy atom. The van der Waals surface area contributed by atoms with Gasteiger partial charge in [0.1, 0.15) is 11.8 Å². The van der Waals surface area contributed by atoms with Gasteiger partial charge in [0.25, 0.3) is 5.91 Å². The summed E-state index contributed by atoms with van der Waals surface area (Å²) in [7, 11) is 0. The molecule has 0 saturated heterocycles. The molecule has 1 atom stereocenters. The van der Waals surface area contributed by atoms with Gasteiger partial charge in [0.05, 0.1) is 0 Å². The second kappa shape index (κ2) is 14.0. The van der Waals surface area contributed by atoms with Crippen LogP contribution in [0.25, 0.3) is 0 Å². The number of nitrogens with one attached hydrogen (secondary N) is 1. The number of carbonyl (C=O) groups is 2. The molecule has 0 radical (unpaired) electrons. The molecule has 5 nitrogen and oxygen atoms in total. The number of hydrogen-bond donors (Lipinski definition) is 1. The van der Waals surface area contributed by atoms with Crippen molar-refractivity contribution in [2.24, 2.45) is 0 Å². The van der Waals surface area contributed by atoms with Crippen molar-refractivity contribution < 1.29 is 14.3 Å². The zero-order valence-electron chi connectivity index (χ0n) is 22.2. The first-order valence-electron chi connectivity index (χ1n) is 12.8. The van der Waals surface area contributed by atoms with Gasteiger partial charge < -0.3 is 15.0 Å². The van der Waals surface area contributed by atoms with E-state index in [9.17, 15) is 9.59 Å². The normalized spacial score (nSPS) is 11.6. The summed E-state index contributed by atoms with van der Waals surface area (Å²) in [5.74, 6) is 0.258. The molecular formula is C31H37BrN2O3. The second-order valence-corrected chi connectivity index (χ2v) is 10.3. The Balaban J connectivity index is 1.90. The molecular weight excluding hydrogens is 528 g/mol. The number of benzene rings is 3. The topological polar surface area (TPSA) is 58.6 Å². The van der Waals surface area contributed by atoms with Crippen molar-refractivity contribution in [2.45, 2.75) is 59.5 Å². The van der Waals surface area contributed by atoms with Gasteiger partial charge in [-0.25, -0.2) is 0 Å².